The minimum absolute atomic E-state index is 0.0189. The van der Waals surface area contributed by atoms with Crippen LogP contribution in [0.1, 0.15) is 58.3 Å². The number of ketones is 4. The zero-order valence-electron chi connectivity index (χ0n) is 25.0. The van der Waals surface area contributed by atoms with Crippen LogP contribution in [0.2, 0.25) is 0 Å². The van der Waals surface area contributed by atoms with Gasteiger partial charge in [0, 0.05) is 25.7 Å². The zero-order chi connectivity index (χ0) is 33.0. The number of likely N-dealkylation sites (N-methyl/N-ethyl adjacent to an activating group) is 2. The molecule has 0 aliphatic carbocycles. The molecule has 15 heteroatoms. The second-order valence-electron chi connectivity index (χ2n) is 8.87. The third-order valence-electron chi connectivity index (χ3n) is 4.11. The Hall–Kier alpha value is -3.04. The van der Waals surface area contributed by atoms with Crippen molar-refractivity contribution < 1.29 is 58.0 Å². The van der Waals surface area contributed by atoms with Crippen molar-refractivity contribution in [3.05, 3.63) is 0 Å². The highest BCUT2D eigenvalue weighted by atomic mass is 79.9. The summed E-state index contributed by atoms with van der Waals surface area (Å²) in [6, 6.07) is 0. The molecule has 0 spiro atoms. The smallest absolute Gasteiger partial charge is 0.305 e. The number of alkyl halides is 1. The van der Waals surface area contributed by atoms with Gasteiger partial charge in [0.25, 0.3) is 0 Å². The molecule has 0 aromatic heterocycles. The Morgan fingerprint density at radius 1 is 0.561 bits per heavy atom. The Morgan fingerprint density at radius 2 is 0.878 bits per heavy atom. The van der Waals surface area contributed by atoms with E-state index in [0.29, 0.717) is 18.4 Å². The van der Waals surface area contributed by atoms with Crippen molar-refractivity contribution in [1.29, 1.82) is 0 Å². The number of nitrogens with zero attached hydrogens (tertiary/aromatic N) is 2. The maximum Gasteiger partial charge on any atom is 0.305 e. The first-order valence-electron chi connectivity index (χ1n) is 12.4. The molecule has 0 rings (SSSR count). The van der Waals surface area contributed by atoms with Gasteiger partial charge >= 0.3 is 23.9 Å². The summed E-state index contributed by atoms with van der Waals surface area (Å²) in [7, 11) is 9.81. The summed E-state index contributed by atoms with van der Waals surface area (Å²) in [6.45, 7) is 2.09. The first kappa shape index (κ1) is 45.0. The molecule has 0 aliphatic heterocycles. The molecule has 0 amide bonds. The highest BCUT2D eigenvalue weighted by Crippen LogP contribution is 1.96. The lowest BCUT2D eigenvalue weighted by molar-refractivity contribution is -0.142. The number of carbonyl (C=O) groups excluding carboxylic acids is 6. The molecule has 0 unspecified atom stereocenters. The highest BCUT2D eigenvalue weighted by Gasteiger charge is 2.07. The lowest BCUT2D eigenvalue weighted by Crippen LogP contribution is -2.22. The Bertz CT molecular complexity index is 799. The molecule has 0 aromatic rings. The van der Waals surface area contributed by atoms with E-state index >= 15 is 0 Å². The number of carbonyl (C=O) groups is 8. The van der Waals surface area contributed by atoms with Crippen molar-refractivity contribution in [2.24, 2.45) is 0 Å². The van der Waals surface area contributed by atoms with Crippen LogP contribution >= 0.6 is 15.9 Å². The number of methoxy groups -OCH3 is 2. The number of halogens is 1. The zero-order valence-corrected chi connectivity index (χ0v) is 26.6. The largest absolute Gasteiger partial charge is 0.481 e. The van der Waals surface area contributed by atoms with Gasteiger partial charge in [-0.3, -0.25) is 33.6 Å². The fraction of sp³-hybridized carbons (Fsp3) is 0.692. The fourth-order valence-corrected chi connectivity index (χ4v) is 2.43. The van der Waals surface area contributed by atoms with Crippen molar-refractivity contribution in [3.63, 3.8) is 0 Å². The molecule has 0 atom stereocenters. The van der Waals surface area contributed by atoms with E-state index in [4.69, 9.17) is 10.2 Å². The summed E-state index contributed by atoms with van der Waals surface area (Å²) in [5, 5.41) is 16.6. The summed E-state index contributed by atoms with van der Waals surface area (Å²) >= 11 is 2.99. The number of ether oxygens (including phenoxy) is 2. The van der Waals surface area contributed by atoms with E-state index in [-0.39, 0.29) is 86.4 Å². The van der Waals surface area contributed by atoms with E-state index in [9.17, 15) is 38.4 Å². The lowest BCUT2D eigenvalue weighted by Gasteiger charge is -2.07. The fourth-order valence-electron chi connectivity index (χ4n) is 2.15. The minimum atomic E-state index is -0.919. The van der Waals surface area contributed by atoms with Crippen molar-refractivity contribution in [1.82, 2.24) is 9.80 Å². The number of hydrogen-bond acceptors (Lipinski definition) is 12. The Balaban J connectivity index is -0.000000225. The van der Waals surface area contributed by atoms with Crippen LogP contribution in [0.15, 0.2) is 0 Å². The first-order chi connectivity index (χ1) is 18.9. The van der Waals surface area contributed by atoms with Crippen LogP contribution < -0.4 is 0 Å². The second kappa shape index (κ2) is 29.9. The number of rotatable bonds is 17. The number of hydrogen-bond donors (Lipinski definition) is 2. The van der Waals surface area contributed by atoms with Crippen molar-refractivity contribution in [3.8, 4) is 0 Å². The summed E-state index contributed by atoms with van der Waals surface area (Å²) < 4.78 is 8.74. The van der Waals surface area contributed by atoms with Gasteiger partial charge in [0.2, 0.25) is 0 Å². The van der Waals surface area contributed by atoms with Gasteiger partial charge in [0.05, 0.1) is 58.3 Å². The molecule has 0 saturated heterocycles. The summed E-state index contributed by atoms with van der Waals surface area (Å²) in [5.74, 6) is -2.53. The molecular weight excluding hydrogens is 612 g/mol. The predicted molar refractivity (Wildman–Crippen MR) is 153 cm³/mol. The average Bonchev–Trinajstić information content (AvgIpc) is 2.88. The van der Waals surface area contributed by atoms with E-state index in [1.165, 1.54) is 21.1 Å². The van der Waals surface area contributed by atoms with Crippen LogP contribution in [-0.4, -0.2) is 128 Å². The minimum Gasteiger partial charge on any atom is -0.481 e. The van der Waals surface area contributed by atoms with Crippen molar-refractivity contribution in [2.75, 3.05) is 60.8 Å². The molecule has 0 aromatic carbocycles. The highest BCUT2D eigenvalue weighted by molar-refractivity contribution is 9.09. The maximum absolute atomic E-state index is 11.0. The molecule has 41 heavy (non-hydrogen) atoms. The lowest BCUT2D eigenvalue weighted by atomic mass is 10.2. The topological polar surface area (TPSA) is 202 Å². The summed E-state index contributed by atoms with van der Waals surface area (Å²) in [6.07, 6.45) is 1.07. The van der Waals surface area contributed by atoms with E-state index in [2.05, 4.69) is 25.4 Å². The number of carboxylic acids is 2. The molecule has 0 saturated carbocycles. The molecule has 0 fully saturated rings. The molecular formula is C26H45BrN2O12. The molecule has 2 N–H and O–H groups in total. The monoisotopic (exact) mass is 656 g/mol. The Kier molecular flexibility index (Phi) is 32.8. The summed E-state index contributed by atoms with van der Waals surface area (Å²) in [4.78, 5) is 86.9. The van der Waals surface area contributed by atoms with Crippen LogP contribution in [0.3, 0.4) is 0 Å². The van der Waals surface area contributed by atoms with E-state index < -0.39 is 11.9 Å². The van der Waals surface area contributed by atoms with Crippen molar-refractivity contribution >= 4 is 62.9 Å². The van der Waals surface area contributed by atoms with Crippen molar-refractivity contribution in [2.45, 2.75) is 58.3 Å². The van der Waals surface area contributed by atoms with Crippen LogP contribution in [0.4, 0.5) is 0 Å². The predicted octanol–water partition coefficient (Wildman–Crippen LogP) is 1.40. The van der Waals surface area contributed by atoms with Crippen LogP contribution in [0, 0.1) is 0 Å². The van der Waals surface area contributed by atoms with Gasteiger partial charge < -0.3 is 34.3 Å². The maximum atomic E-state index is 11.0. The number of carboxylic acid groups (broad SMARTS) is 2. The van der Waals surface area contributed by atoms with E-state index in [1.54, 1.807) is 23.9 Å². The van der Waals surface area contributed by atoms with Gasteiger partial charge in [-0.2, -0.15) is 0 Å². The quantitative estimate of drug-likeness (QED) is 0.168. The van der Waals surface area contributed by atoms with E-state index in [1.807, 2.05) is 14.1 Å². The second-order valence-corrected chi connectivity index (χ2v) is 9.43. The van der Waals surface area contributed by atoms with Crippen LogP contribution in [-0.2, 0) is 47.8 Å². The first-order valence-corrected chi connectivity index (χ1v) is 13.5. The molecule has 0 bridgehead atoms. The van der Waals surface area contributed by atoms with Gasteiger partial charge in [-0.15, -0.1) is 0 Å². The van der Waals surface area contributed by atoms with Crippen LogP contribution in [0.5, 0.6) is 0 Å². The van der Waals surface area contributed by atoms with Gasteiger partial charge in [0.15, 0.2) is 0 Å². The molecule has 0 heterocycles. The number of Topliss-reactive ketones (excluding diaryl/α,β-unsaturated/α-hetero) is 4. The SMILES string of the molecule is CC(=O)CCC(=O)O.CN(C)CC(=O)CCC(=O)O.COC(=O)CCC(=O)CBr.COC(=O)CCC(=O)CN(C)C. The average molecular weight is 658 g/mol. The van der Waals surface area contributed by atoms with Gasteiger partial charge in [-0.05, 0) is 35.1 Å². The molecule has 0 aliphatic rings. The van der Waals surface area contributed by atoms with E-state index in [0.717, 1.165) is 0 Å². The third-order valence-corrected chi connectivity index (χ3v) is 4.74. The Labute approximate surface area is 249 Å². The normalized spacial score (nSPS) is 9.51. The summed E-state index contributed by atoms with van der Waals surface area (Å²) in [5.41, 5.74) is 0. The Morgan fingerprint density at radius 3 is 1.12 bits per heavy atom. The third kappa shape index (κ3) is 47.1. The molecule has 0 radical (unpaired) electrons. The number of aliphatic carboxylic acids is 2. The number of esters is 2. The van der Waals surface area contributed by atoms with Crippen LogP contribution in [0.25, 0.3) is 0 Å². The standard InChI is InChI=1S/C8H15NO3.C7H13NO3.C6H9BrO3.C5H8O3/c1-9(2)6-7(10)4-5-8(11)12-3;1-8(2)5-6(9)3-4-7(10)11;1-10-6(9)3-2-5(8)4-7;1-4(6)2-3-5(7)8/h4-6H2,1-3H3;3-5H2,1-2H3,(H,10,11);2-4H2,1H3;2-3H2,1H3,(H,7,8). The van der Waals surface area contributed by atoms with Gasteiger partial charge in [-0.1, -0.05) is 15.9 Å². The molecule has 238 valence electrons. The van der Waals surface area contributed by atoms with Gasteiger partial charge in [-0.25, -0.2) is 0 Å². The molecule has 14 nitrogen and oxygen atoms in total. The van der Waals surface area contributed by atoms with Gasteiger partial charge in [0.1, 0.15) is 23.1 Å².